The molecule has 0 spiro atoms. The maximum Gasteiger partial charge on any atom is 0.335 e. The smallest absolute Gasteiger partial charge is 0.335 e. The summed E-state index contributed by atoms with van der Waals surface area (Å²) < 4.78 is 21.8. The standard InChI is InChI=1S/C12H15NO5S/c1-19(17,18)7-3-6-13-11(14)9-4-2-5-10(8-9)12(15)16/h2,4-5,8H,3,6-7H2,1H3,(H,13,14)(H,15,16). The minimum absolute atomic E-state index is 0.00243. The van der Waals surface area contributed by atoms with Gasteiger partial charge in [0.1, 0.15) is 9.84 Å². The van der Waals surface area contributed by atoms with Crippen LogP contribution in [0.1, 0.15) is 27.1 Å². The van der Waals surface area contributed by atoms with Crippen molar-refractivity contribution < 1.29 is 23.1 Å². The maximum absolute atomic E-state index is 11.7. The Labute approximate surface area is 111 Å². The van der Waals surface area contributed by atoms with Gasteiger partial charge in [-0.2, -0.15) is 0 Å². The Morgan fingerprint density at radius 1 is 1.26 bits per heavy atom. The first-order chi connectivity index (χ1) is 8.79. The van der Waals surface area contributed by atoms with Crippen molar-refractivity contribution in [2.45, 2.75) is 6.42 Å². The van der Waals surface area contributed by atoms with Crippen LogP contribution in [0.3, 0.4) is 0 Å². The van der Waals surface area contributed by atoms with Gasteiger partial charge in [0, 0.05) is 18.4 Å². The summed E-state index contributed by atoms with van der Waals surface area (Å²) in [5, 5.41) is 11.3. The second-order valence-electron chi connectivity index (χ2n) is 4.13. The first-order valence-corrected chi connectivity index (χ1v) is 7.65. The first-order valence-electron chi connectivity index (χ1n) is 5.59. The highest BCUT2D eigenvalue weighted by Crippen LogP contribution is 2.05. The fourth-order valence-electron chi connectivity index (χ4n) is 1.43. The van der Waals surface area contributed by atoms with Crippen molar-refractivity contribution in [3.63, 3.8) is 0 Å². The summed E-state index contributed by atoms with van der Waals surface area (Å²) in [6.45, 7) is 0.225. The molecule has 1 rings (SSSR count). The Balaban J connectivity index is 2.54. The number of hydrogen-bond acceptors (Lipinski definition) is 4. The van der Waals surface area contributed by atoms with E-state index >= 15 is 0 Å². The van der Waals surface area contributed by atoms with E-state index in [0.29, 0.717) is 6.42 Å². The largest absolute Gasteiger partial charge is 0.478 e. The Kier molecular flexibility index (Phi) is 5.05. The zero-order valence-corrected chi connectivity index (χ0v) is 11.2. The number of rotatable bonds is 6. The monoisotopic (exact) mass is 285 g/mol. The van der Waals surface area contributed by atoms with Gasteiger partial charge in [0.2, 0.25) is 0 Å². The van der Waals surface area contributed by atoms with Gasteiger partial charge in [-0.25, -0.2) is 13.2 Å². The molecule has 6 nitrogen and oxygen atoms in total. The van der Waals surface area contributed by atoms with Crippen LogP contribution in [0, 0.1) is 0 Å². The van der Waals surface area contributed by atoms with E-state index in [1.54, 1.807) is 0 Å². The van der Waals surface area contributed by atoms with Gasteiger partial charge in [0.15, 0.2) is 0 Å². The zero-order valence-electron chi connectivity index (χ0n) is 10.4. The molecule has 0 saturated carbocycles. The lowest BCUT2D eigenvalue weighted by Gasteiger charge is -2.05. The van der Waals surface area contributed by atoms with Crippen LogP contribution < -0.4 is 5.32 Å². The third-order valence-electron chi connectivity index (χ3n) is 2.35. The lowest BCUT2D eigenvalue weighted by atomic mass is 10.1. The molecule has 0 radical (unpaired) electrons. The van der Waals surface area contributed by atoms with E-state index in [1.165, 1.54) is 24.3 Å². The van der Waals surface area contributed by atoms with Gasteiger partial charge in [-0.3, -0.25) is 4.79 Å². The second-order valence-corrected chi connectivity index (χ2v) is 6.39. The third-order valence-corrected chi connectivity index (χ3v) is 3.38. The number of benzene rings is 1. The molecule has 1 aromatic rings. The van der Waals surface area contributed by atoms with Crippen LogP contribution in [0.5, 0.6) is 0 Å². The summed E-state index contributed by atoms with van der Waals surface area (Å²) in [6.07, 6.45) is 1.45. The van der Waals surface area contributed by atoms with Crippen LogP contribution in [-0.4, -0.2) is 44.0 Å². The van der Waals surface area contributed by atoms with Crippen LogP contribution in [0.25, 0.3) is 0 Å². The highest BCUT2D eigenvalue weighted by Gasteiger charge is 2.09. The molecule has 0 aliphatic carbocycles. The molecule has 0 saturated heterocycles. The van der Waals surface area contributed by atoms with Crippen molar-refractivity contribution in [1.29, 1.82) is 0 Å². The quantitative estimate of drug-likeness (QED) is 0.743. The Hall–Kier alpha value is -1.89. The molecular formula is C12H15NO5S. The van der Waals surface area contributed by atoms with Crippen molar-refractivity contribution >= 4 is 21.7 Å². The summed E-state index contributed by atoms with van der Waals surface area (Å²) in [7, 11) is -3.03. The molecule has 0 aliphatic rings. The Bertz CT molecular complexity index is 580. The number of aromatic carboxylic acids is 1. The van der Waals surface area contributed by atoms with Crippen molar-refractivity contribution in [3.8, 4) is 0 Å². The van der Waals surface area contributed by atoms with Gasteiger partial charge in [-0.15, -0.1) is 0 Å². The molecule has 0 aliphatic heterocycles. The molecule has 0 heterocycles. The van der Waals surface area contributed by atoms with Crippen LogP contribution >= 0.6 is 0 Å². The van der Waals surface area contributed by atoms with E-state index in [4.69, 9.17) is 5.11 Å². The van der Waals surface area contributed by atoms with Gasteiger partial charge in [0.25, 0.3) is 5.91 Å². The number of carbonyl (C=O) groups excluding carboxylic acids is 1. The zero-order chi connectivity index (χ0) is 14.5. The number of carbonyl (C=O) groups is 2. The Morgan fingerprint density at radius 2 is 1.89 bits per heavy atom. The van der Waals surface area contributed by atoms with Gasteiger partial charge >= 0.3 is 5.97 Å². The lowest BCUT2D eigenvalue weighted by molar-refractivity contribution is 0.0697. The Morgan fingerprint density at radius 3 is 2.47 bits per heavy atom. The SMILES string of the molecule is CS(=O)(=O)CCCNC(=O)c1cccc(C(=O)O)c1. The van der Waals surface area contributed by atoms with Gasteiger partial charge in [0.05, 0.1) is 11.3 Å². The van der Waals surface area contributed by atoms with Crippen molar-refractivity contribution in [2.24, 2.45) is 0 Å². The number of hydrogen-bond donors (Lipinski definition) is 2. The van der Waals surface area contributed by atoms with Crippen LogP contribution in [0.4, 0.5) is 0 Å². The van der Waals surface area contributed by atoms with Crippen molar-refractivity contribution in [2.75, 3.05) is 18.6 Å². The average Bonchev–Trinajstić information content (AvgIpc) is 2.33. The molecule has 2 N–H and O–H groups in total. The molecule has 0 bridgehead atoms. The highest BCUT2D eigenvalue weighted by atomic mass is 32.2. The summed E-state index contributed by atoms with van der Waals surface area (Å²) in [5.74, 6) is -1.52. The molecule has 0 fully saturated rings. The molecule has 19 heavy (non-hydrogen) atoms. The third kappa shape index (κ3) is 5.52. The average molecular weight is 285 g/mol. The summed E-state index contributed by atoms with van der Waals surface area (Å²) in [6, 6.07) is 5.64. The van der Waals surface area contributed by atoms with E-state index < -0.39 is 21.7 Å². The number of nitrogens with one attached hydrogen (secondary N) is 1. The minimum atomic E-state index is -3.03. The topological polar surface area (TPSA) is 101 Å². The molecule has 1 aromatic carbocycles. The molecule has 104 valence electrons. The second kappa shape index (κ2) is 6.33. The molecule has 0 atom stereocenters. The molecule has 0 unspecified atom stereocenters. The normalized spacial score (nSPS) is 11.0. The van der Waals surface area contributed by atoms with E-state index in [0.717, 1.165) is 6.26 Å². The number of sulfone groups is 1. The molecule has 0 aromatic heterocycles. The number of carboxylic acid groups (broad SMARTS) is 1. The maximum atomic E-state index is 11.7. The van der Waals surface area contributed by atoms with Crippen LogP contribution in [-0.2, 0) is 9.84 Å². The minimum Gasteiger partial charge on any atom is -0.478 e. The van der Waals surface area contributed by atoms with Gasteiger partial charge in [-0.1, -0.05) is 6.07 Å². The molecular weight excluding hydrogens is 270 g/mol. The van der Waals surface area contributed by atoms with Crippen molar-refractivity contribution in [1.82, 2.24) is 5.32 Å². The van der Waals surface area contributed by atoms with Crippen LogP contribution in [0.2, 0.25) is 0 Å². The molecule has 7 heteroatoms. The number of carboxylic acids is 1. The fraction of sp³-hybridized carbons (Fsp3) is 0.333. The summed E-state index contributed by atoms with van der Waals surface area (Å²) >= 11 is 0. The van der Waals surface area contributed by atoms with E-state index in [1.807, 2.05) is 0 Å². The van der Waals surface area contributed by atoms with Crippen LogP contribution in [0.15, 0.2) is 24.3 Å². The fourth-order valence-corrected chi connectivity index (χ4v) is 2.10. The van der Waals surface area contributed by atoms with E-state index in [-0.39, 0.29) is 23.4 Å². The summed E-state index contributed by atoms with van der Waals surface area (Å²) in [4.78, 5) is 22.4. The van der Waals surface area contributed by atoms with Gasteiger partial charge < -0.3 is 10.4 Å². The predicted molar refractivity (Wildman–Crippen MR) is 70.1 cm³/mol. The lowest BCUT2D eigenvalue weighted by Crippen LogP contribution is -2.26. The van der Waals surface area contributed by atoms with Gasteiger partial charge in [-0.05, 0) is 24.6 Å². The predicted octanol–water partition coefficient (Wildman–Crippen LogP) is 0.549. The summed E-state index contributed by atoms with van der Waals surface area (Å²) in [5.41, 5.74) is 0.267. The van der Waals surface area contributed by atoms with Crippen molar-refractivity contribution in [3.05, 3.63) is 35.4 Å². The molecule has 1 amide bonds. The number of amides is 1. The van der Waals surface area contributed by atoms with E-state index in [9.17, 15) is 18.0 Å². The first kappa shape index (κ1) is 15.2. The van der Waals surface area contributed by atoms with E-state index in [2.05, 4.69) is 5.32 Å². The highest BCUT2D eigenvalue weighted by molar-refractivity contribution is 7.90.